The standard InChI is InChI=1S/C14H11IN2O/c15-13-8-6-11(7-9-13)10-16-17-14(18)12-4-2-1-3-5-12/h1-10H,(H,17,18)/b16-10+. The minimum absolute atomic E-state index is 0.211. The predicted octanol–water partition coefficient (Wildman–Crippen LogP) is 3.06. The number of hydrazone groups is 1. The monoisotopic (exact) mass is 350 g/mol. The van der Waals surface area contributed by atoms with Gasteiger partial charge in [0.1, 0.15) is 0 Å². The minimum atomic E-state index is -0.211. The summed E-state index contributed by atoms with van der Waals surface area (Å²) in [5.74, 6) is -0.211. The molecule has 1 N–H and O–H groups in total. The van der Waals surface area contributed by atoms with Gasteiger partial charge in [-0.2, -0.15) is 5.10 Å². The van der Waals surface area contributed by atoms with E-state index < -0.39 is 0 Å². The molecule has 0 aromatic heterocycles. The number of hydrogen-bond donors (Lipinski definition) is 1. The molecule has 0 radical (unpaired) electrons. The highest BCUT2D eigenvalue weighted by Crippen LogP contribution is 2.04. The molecule has 3 nitrogen and oxygen atoms in total. The van der Waals surface area contributed by atoms with Crippen molar-refractivity contribution in [1.82, 2.24) is 5.43 Å². The molecule has 2 aromatic carbocycles. The molecule has 0 saturated heterocycles. The van der Waals surface area contributed by atoms with E-state index in [9.17, 15) is 4.79 Å². The average Bonchev–Trinajstić information content (AvgIpc) is 2.42. The SMILES string of the molecule is O=C(N/N=C/c1ccc(I)cc1)c1ccccc1. The number of carbonyl (C=O) groups excluding carboxylic acids is 1. The molecule has 0 bridgehead atoms. The van der Waals surface area contributed by atoms with E-state index in [1.54, 1.807) is 18.3 Å². The summed E-state index contributed by atoms with van der Waals surface area (Å²) in [6, 6.07) is 16.9. The van der Waals surface area contributed by atoms with Gasteiger partial charge in [0.05, 0.1) is 6.21 Å². The van der Waals surface area contributed by atoms with Crippen LogP contribution in [0.1, 0.15) is 15.9 Å². The average molecular weight is 350 g/mol. The van der Waals surface area contributed by atoms with E-state index in [0.29, 0.717) is 5.56 Å². The summed E-state index contributed by atoms with van der Waals surface area (Å²) in [4.78, 5) is 11.7. The Morgan fingerprint density at radius 1 is 1.06 bits per heavy atom. The van der Waals surface area contributed by atoms with Crippen LogP contribution in [0.25, 0.3) is 0 Å². The molecular formula is C14H11IN2O. The number of nitrogens with one attached hydrogen (secondary N) is 1. The van der Waals surface area contributed by atoms with E-state index in [0.717, 1.165) is 9.13 Å². The molecule has 0 aliphatic heterocycles. The van der Waals surface area contributed by atoms with E-state index >= 15 is 0 Å². The summed E-state index contributed by atoms with van der Waals surface area (Å²) in [6.45, 7) is 0. The summed E-state index contributed by atoms with van der Waals surface area (Å²) in [7, 11) is 0. The maximum absolute atomic E-state index is 11.7. The predicted molar refractivity (Wildman–Crippen MR) is 80.7 cm³/mol. The molecule has 0 spiro atoms. The summed E-state index contributed by atoms with van der Waals surface area (Å²) in [5, 5.41) is 3.92. The Morgan fingerprint density at radius 2 is 1.72 bits per heavy atom. The van der Waals surface area contributed by atoms with Gasteiger partial charge in [0.25, 0.3) is 5.91 Å². The van der Waals surface area contributed by atoms with E-state index in [4.69, 9.17) is 0 Å². The van der Waals surface area contributed by atoms with E-state index in [2.05, 4.69) is 33.1 Å². The summed E-state index contributed by atoms with van der Waals surface area (Å²) in [5.41, 5.74) is 4.03. The van der Waals surface area contributed by atoms with Crippen molar-refractivity contribution < 1.29 is 4.79 Å². The van der Waals surface area contributed by atoms with Crippen molar-refractivity contribution in [3.8, 4) is 0 Å². The number of rotatable bonds is 3. The van der Waals surface area contributed by atoms with Crippen molar-refractivity contribution >= 4 is 34.7 Å². The maximum atomic E-state index is 11.7. The van der Waals surface area contributed by atoms with Gasteiger partial charge in [-0.3, -0.25) is 4.79 Å². The van der Waals surface area contributed by atoms with Gasteiger partial charge in [-0.05, 0) is 52.4 Å². The molecule has 4 heteroatoms. The topological polar surface area (TPSA) is 41.5 Å². The van der Waals surface area contributed by atoms with Crippen molar-refractivity contribution in [2.45, 2.75) is 0 Å². The first-order valence-electron chi connectivity index (χ1n) is 5.40. The lowest BCUT2D eigenvalue weighted by Crippen LogP contribution is -2.17. The summed E-state index contributed by atoms with van der Waals surface area (Å²) < 4.78 is 1.16. The Balaban J connectivity index is 1.96. The van der Waals surface area contributed by atoms with Crippen LogP contribution in [0.4, 0.5) is 0 Å². The van der Waals surface area contributed by atoms with Crippen molar-refractivity contribution in [2.75, 3.05) is 0 Å². The van der Waals surface area contributed by atoms with Gasteiger partial charge < -0.3 is 0 Å². The first kappa shape index (κ1) is 12.8. The third-order valence-corrected chi connectivity index (χ3v) is 3.00. The molecular weight excluding hydrogens is 339 g/mol. The molecule has 18 heavy (non-hydrogen) atoms. The second kappa shape index (κ2) is 6.30. The number of amides is 1. The number of halogens is 1. The van der Waals surface area contributed by atoms with Crippen LogP contribution in [0.15, 0.2) is 59.7 Å². The summed E-state index contributed by atoms with van der Waals surface area (Å²) >= 11 is 2.24. The van der Waals surface area contributed by atoms with Gasteiger partial charge in [-0.1, -0.05) is 30.3 Å². The molecule has 0 heterocycles. The molecule has 90 valence electrons. The van der Waals surface area contributed by atoms with Gasteiger partial charge in [0.15, 0.2) is 0 Å². The van der Waals surface area contributed by atoms with Gasteiger partial charge >= 0.3 is 0 Å². The van der Waals surface area contributed by atoms with Crippen LogP contribution < -0.4 is 5.43 Å². The van der Waals surface area contributed by atoms with Crippen molar-refractivity contribution in [3.05, 3.63) is 69.3 Å². The largest absolute Gasteiger partial charge is 0.271 e. The summed E-state index contributed by atoms with van der Waals surface area (Å²) in [6.07, 6.45) is 1.62. The van der Waals surface area contributed by atoms with E-state index in [1.165, 1.54) is 0 Å². The lowest BCUT2D eigenvalue weighted by Gasteiger charge is -1.98. The van der Waals surface area contributed by atoms with Crippen molar-refractivity contribution in [2.24, 2.45) is 5.10 Å². The first-order chi connectivity index (χ1) is 8.75. The highest BCUT2D eigenvalue weighted by atomic mass is 127. The van der Waals surface area contributed by atoms with Crippen LogP contribution in [0.2, 0.25) is 0 Å². The highest BCUT2D eigenvalue weighted by molar-refractivity contribution is 14.1. The van der Waals surface area contributed by atoms with Crippen LogP contribution in [0.5, 0.6) is 0 Å². The molecule has 0 fully saturated rings. The molecule has 2 aromatic rings. The normalized spacial score (nSPS) is 10.5. The lowest BCUT2D eigenvalue weighted by atomic mass is 10.2. The molecule has 1 amide bonds. The van der Waals surface area contributed by atoms with E-state index in [1.807, 2.05) is 42.5 Å². The number of hydrogen-bond acceptors (Lipinski definition) is 2. The number of benzene rings is 2. The van der Waals surface area contributed by atoms with Gasteiger partial charge in [-0.25, -0.2) is 5.43 Å². The van der Waals surface area contributed by atoms with Gasteiger partial charge in [0.2, 0.25) is 0 Å². The van der Waals surface area contributed by atoms with Crippen LogP contribution in [-0.2, 0) is 0 Å². The molecule has 0 aliphatic rings. The fourth-order valence-electron chi connectivity index (χ4n) is 1.37. The first-order valence-corrected chi connectivity index (χ1v) is 6.47. The van der Waals surface area contributed by atoms with Crippen LogP contribution in [0.3, 0.4) is 0 Å². The minimum Gasteiger partial charge on any atom is -0.267 e. The van der Waals surface area contributed by atoms with Gasteiger partial charge in [0, 0.05) is 9.13 Å². The Kier molecular flexibility index (Phi) is 4.46. The van der Waals surface area contributed by atoms with Crippen molar-refractivity contribution in [3.63, 3.8) is 0 Å². The number of nitrogens with zero attached hydrogens (tertiary/aromatic N) is 1. The third kappa shape index (κ3) is 3.66. The number of carbonyl (C=O) groups is 1. The highest BCUT2D eigenvalue weighted by Gasteiger charge is 2.01. The second-order valence-corrected chi connectivity index (χ2v) is 4.86. The Bertz CT molecular complexity index is 550. The molecule has 0 atom stereocenters. The second-order valence-electron chi connectivity index (χ2n) is 3.62. The lowest BCUT2D eigenvalue weighted by molar-refractivity contribution is 0.0955. The van der Waals surface area contributed by atoms with Crippen molar-refractivity contribution in [1.29, 1.82) is 0 Å². The maximum Gasteiger partial charge on any atom is 0.271 e. The fraction of sp³-hybridized carbons (Fsp3) is 0. The zero-order valence-electron chi connectivity index (χ0n) is 9.51. The smallest absolute Gasteiger partial charge is 0.267 e. The Labute approximate surface area is 119 Å². The third-order valence-electron chi connectivity index (χ3n) is 2.29. The van der Waals surface area contributed by atoms with Crippen LogP contribution in [-0.4, -0.2) is 12.1 Å². The van der Waals surface area contributed by atoms with Crippen LogP contribution in [0, 0.1) is 3.57 Å². The molecule has 0 saturated carbocycles. The van der Waals surface area contributed by atoms with E-state index in [-0.39, 0.29) is 5.91 Å². The molecule has 0 aliphatic carbocycles. The van der Waals surface area contributed by atoms with Crippen LogP contribution >= 0.6 is 22.6 Å². The fourth-order valence-corrected chi connectivity index (χ4v) is 1.73. The van der Waals surface area contributed by atoms with Gasteiger partial charge in [-0.15, -0.1) is 0 Å². The zero-order valence-corrected chi connectivity index (χ0v) is 11.7. The zero-order chi connectivity index (χ0) is 12.8. The Morgan fingerprint density at radius 3 is 2.39 bits per heavy atom. The molecule has 2 rings (SSSR count). The molecule has 0 unspecified atom stereocenters. The quantitative estimate of drug-likeness (QED) is 0.516. The Hall–Kier alpha value is -1.69.